The van der Waals surface area contributed by atoms with E-state index in [9.17, 15) is 4.79 Å². The topological polar surface area (TPSA) is 52.1 Å². The predicted molar refractivity (Wildman–Crippen MR) is 82.5 cm³/mol. The number of fused-ring (bicyclic) bond motifs is 1. The van der Waals surface area contributed by atoms with Crippen molar-refractivity contribution >= 4 is 17.3 Å². The number of thiazole rings is 1. The van der Waals surface area contributed by atoms with Crippen LogP contribution in [0.2, 0.25) is 0 Å². The molecule has 0 bridgehead atoms. The SMILES string of the molecule is CCOC(=O)C1CCc2sc(-c3cc(C)nc(C)c3)nc21. The van der Waals surface area contributed by atoms with Gasteiger partial charge in [-0.05, 0) is 45.7 Å². The van der Waals surface area contributed by atoms with Gasteiger partial charge in [-0.25, -0.2) is 4.98 Å². The van der Waals surface area contributed by atoms with Gasteiger partial charge in [-0.2, -0.15) is 0 Å². The van der Waals surface area contributed by atoms with Gasteiger partial charge in [-0.3, -0.25) is 9.78 Å². The summed E-state index contributed by atoms with van der Waals surface area (Å²) in [5.41, 5.74) is 3.98. The van der Waals surface area contributed by atoms with Gasteiger partial charge >= 0.3 is 5.97 Å². The maximum atomic E-state index is 12.0. The molecule has 0 radical (unpaired) electrons. The molecular weight excluding hydrogens is 284 g/mol. The minimum absolute atomic E-state index is 0.143. The second-order valence-electron chi connectivity index (χ2n) is 5.31. The second-order valence-corrected chi connectivity index (χ2v) is 6.39. The van der Waals surface area contributed by atoms with Crippen molar-refractivity contribution in [1.29, 1.82) is 0 Å². The molecule has 3 rings (SSSR count). The van der Waals surface area contributed by atoms with E-state index in [4.69, 9.17) is 9.72 Å². The summed E-state index contributed by atoms with van der Waals surface area (Å²) in [4.78, 5) is 22.3. The lowest BCUT2D eigenvalue weighted by Crippen LogP contribution is -2.14. The first kappa shape index (κ1) is 14.2. The van der Waals surface area contributed by atoms with Crippen molar-refractivity contribution in [1.82, 2.24) is 9.97 Å². The molecule has 0 amide bonds. The molecule has 4 nitrogen and oxygen atoms in total. The molecule has 0 saturated heterocycles. The van der Waals surface area contributed by atoms with E-state index < -0.39 is 0 Å². The first-order valence-corrected chi connectivity index (χ1v) is 8.02. The summed E-state index contributed by atoms with van der Waals surface area (Å²) in [6, 6.07) is 4.08. The third-order valence-electron chi connectivity index (χ3n) is 3.62. The van der Waals surface area contributed by atoms with Crippen LogP contribution in [0.1, 0.15) is 41.2 Å². The predicted octanol–water partition coefficient (Wildman–Crippen LogP) is 3.41. The highest BCUT2D eigenvalue weighted by molar-refractivity contribution is 7.15. The third kappa shape index (κ3) is 2.70. The Morgan fingerprint density at radius 1 is 1.33 bits per heavy atom. The number of nitrogens with zero attached hydrogens (tertiary/aromatic N) is 2. The summed E-state index contributed by atoms with van der Waals surface area (Å²) in [5, 5.41) is 0.975. The summed E-state index contributed by atoms with van der Waals surface area (Å²) in [7, 11) is 0. The number of aromatic nitrogens is 2. The Bertz CT molecular complexity index is 673. The number of ether oxygens (including phenoxy) is 1. The van der Waals surface area contributed by atoms with Crippen LogP contribution in [-0.2, 0) is 16.0 Å². The molecule has 0 fully saturated rings. The van der Waals surface area contributed by atoms with Crippen molar-refractivity contribution < 1.29 is 9.53 Å². The summed E-state index contributed by atoms with van der Waals surface area (Å²) >= 11 is 1.69. The molecule has 2 aromatic rings. The number of carbonyl (C=O) groups excluding carboxylic acids is 1. The number of pyridine rings is 1. The summed E-state index contributed by atoms with van der Waals surface area (Å²) < 4.78 is 5.15. The lowest BCUT2D eigenvalue weighted by molar-refractivity contribution is -0.145. The Labute approximate surface area is 128 Å². The minimum Gasteiger partial charge on any atom is -0.465 e. The Morgan fingerprint density at radius 2 is 2.05 bits per heavy atom. The first-order chi connectivity index (χ1) is 10.1. The fourth-order valence-corrected chi connectivity index (χ4v) is 3.91. The summed E-state index contributed by atoms with van der Waals surface area (Å²) in [5.74, 6) is -0.329. The van der Waals surface area contributed by atoms with Crippen LogP contribution < -0.4 is 0 Å². The van der Waals surface area contributed by atoms with Gasteiger partial charge in [0, 0.05) is 21.8 Å². The Kier molecular flexibility index (Phi) is 3.76. The van der Waals surface area contributed by atoms with Crippen molar-refractivity contribution in [3.05, 3.63) is 34.1 Å². The van der Waals surface area contributed by atoms with Crippen molar-refractivity contribution in [2.75, 3.05) is 6.61 Å². The van der Waals surface area contributed by atoms with E-state index >= 15 is 0 Å². The molecule has 1 atom stereocenters. The average molecular weight is 302 g/mol. The molecule has 0 N–H and O–H groups in total. The van der Waals surface area contributed by atoms with Crippen LogP contribution in [0, 0.1) is 13.8 Å². The summed E-state index contributed by atoms with van der Waals surface area (Å²) in [6.07, 6.45) is 1.74. The number of hydrogen-bond donors (Lipinski definition) is 0. The molecule has 0 aliphatic heterocycles. The fraction of sp³-hybridized carbons (Fsp3) is 0.438. The molecular formula is C16H18N2O2S. The van der Waals surface area contributed by atoms with Gasteiger partial charge in [-0.15, -0.1) is 11.3 Å². The highest BCUT2D eigenvalue weighted by atomic mass is 32.1. The Balaban J connectivity index is 1.94. The molecule has 2 heterocycles. The molecule has 110 valence electrons. The lowest BCUT2D eigenvalue weighted by Gasteiger charge is -2.08. The van der Waals surface area contributed by atoms with Gasteiger partial charge in [0.1, 0.15) is 10.9 Å². The first-order valence-electron chi connectivity index (χ1n) is 7.20. The van der Waals surface area contributed by atoms with E-state index in [1.165, 1.54) is 4.88 Å². The Morgan fingerprint density at radius 3 is 2.71 bits per heavy atom. The number of carbonyl (C=O) groups is 1. The van der Waals surface area contributed by atoms with Crippen molar-refractivity contribution in [2.45, 2.75) is 39.5 Å². The zero-order chi connectivity index (χ0) is 15.0. The van der Waals surface area contributed by atoms with E-state index in [1.54, 1.807) is 11.3 Å². The van der Waals surface area contributed by atoms with E-state index in [-0.39, 0.29) is 11.9 Å². The van der Waals surface area contributed by atoms with Gasteiger partial charge in [0.05, 0.1) is 12.3 Å². The number of hydrogen-bond acceptors (Lipinski definition) is 5. The van der Waals surface area contributed by atoms with Crippen LogP contribution in [0.15, 0.2) is 12.1 Å². The second kappa shape index (κ2) is 5.56. The van der Waals surface area contributed by atoms with Crippen molar-refractivity contribution in [3.63, 3.8) is 0 Å². The molecule has 1 aliphatic rings. The number of aryl methyl sites for hydroxylation is 3. The van der Waals surface area contributed by atoms with Gasteiger partial charge in [0.15, 0.2) is 0 Å². The molecule has 0 saturated carbocycles. The molecule has 0 spiro atoms. The van der Waals surface area contributed by atoms with Crippen molar-refractivity contribution in [2.24, 2.45) is 0 Å². The van der Waals surface area contributed by atoms with Crippen molar-refractivity contribution in [3.8, 4) is 10.6 Å². The van der Waals surface area contributed by atoms with E-state index in [2.05, 4.69) is 4.98 Å². The van der Waals surface area contributed by atoms with Gasteiger partial charge in [0.2, 0.25) is 0 Å². The van der Waals surface area contributed by atoms with Crippen LogP contribution in [0.4, 0.5) is 0 Å². The van der Waals surface area contributed by atoms with E-state index in [0.29, 0.717) is 6.61 Å². The lowest BCUT2D eigenvalue weighted by atomic mass is 10.1. The monoisotopic (exact) mass is 302 g/mol. The molecule has 1 aliphatic carbocycles. The molecule has 0 aromatic carbocycles. The van der Waals surface area contributed by atoms with Crippen LogP contribution >= 0.6 is 11.3 Å². The van der Waals surface area contributed by atoms with Gasteiger partial charge in [0.25, 0.3) is 0 Å². The van der Waals surface area contributed by atoms with Crippen LogP contribution in [0.25, 0.3) is 10.6 Å². The van der Waals surface area contributed by atoms with Crippen LogP contribution in [0.5, 0.6) is 0 Å². The zero-order valence-electron chi connectivity index (χ0n) is 12.5. The zero-order valence-corrected chi connectivity index (χ0v) is 13.3. The molecule has 5 heteroatoms. The van der Waals surface area contributed by atoms with Gasteiger partial charge in [-0.1, -0.05) is 0 Å². The molecule has 21 heavy (non-hydrogen) atoms. The number of rotatable bonds is 3. The number of esters is 1. The normalized spacial score (nSPS) is 16.8. The molecule has 2 aromatic heterocycles. The quantitative estimate of drug-likeness (QED) is 0.815. The Hall–Kier alpha value is -1.75. The largest absolute Gasteiger partial charge is 0.465 e. The van der Waals surface area contributed by atoms with Crippen LogP contribution in [0.3, 0.4) is 0 Å². The smallest absolute Gasteiger partial charge is 0.315 e. The third-order valence-corrected chi connectivity index (χ3v) is 4.80. The minimum atomic E-state index is -0.186. The molecule has 1 unspecified atom stereocenters. The fourth-order valence-electron chi connectivity index (χ4n) is 2.78. The summed E-state index contributed by atoms with van der Waals surface area (Å²) in [6.45, 7) is 6.23. The van der Waals surface area contributed by atoms with Crippen LogP contribution in [-0.4, -0.2) is 22.5 Å². The highest BCUT2D eigenvalue weighted by Gasteiger charge is 2.33. The van der Waals surface area contributed by atoms with E-state index in [0.717, 1.165) is 40.5 Å². The standard InChI is InChI=1S/C16H18N2O2S/c1-4-20-16(19)12-5-6-13-14(12)18-15(21-13)11-7-9(2)17-10(3)8-11/h7-8,12H,4-6H2,1-3H3. The highest BCUT2D eigenvalue weighted by Crippen LogP contribution is 2.40. The van der Waals surface area contributed by atoms with Gasteiger partial charge < -0.3 is 4.74 Å². The maximum absolute atomic E-state index is 12.0. The van der Waals surface area contributed by atoms with E-state index in [1.807, 2.05) is 32.9 Å². The maximum Gasteiger partial charge on any atom is 0.315 e. The average Bonchev–Trinajstić information content (AvgIpc) is 2.96.